The molecular formula is C17H25NO3. The number of carbonyl (C=O) groups is 2. The van der Waals surface area contributed by atoms with E-state index in [4.69, 9.17) is 5.11 Å². The van der Waals surface area contributed by atoms with Crippen LogP contribution in [-0.2, 0) is 10.2 Å². The first-order valence-corrected chi connectivity index (χ1v) is 7.34. The van der Waals surface area contributed by atoms with Gasteiger partial charge in [-0.25, -0.2) is 0 Å². The summed E-state index contributed by atoms with van der Waals surface area (Å²) in [5.41, 5.74) is 1.84. The van der Waals surface area contributed by atoms with E-state index >= 15 is 0 Å². The Kier molecular flexibility index (Phi) is 5.94. The third-order valence-electron chi connectivity index (χ3n) is 3.61. The Hall–Kier alpha value is -1.84. The Morgan fingerprint density at radius 1 is 1.19 bits per heavy atom. The Labute approximate surface area is 126 Å². The number of carboxylic acids is 1. The summed E-state index contributed by atoms with van der Waals surface area (Å²) in [5, 5.41) is 11.6. The van der Waals surface area contributed by atoms with Crippen molar-refractivity contribution in [3.8, 4) is 0 Å². The number of hydrogen-bond donors (Lipinski definition) is 2. The second kappa shape index (κ2) is 7.25. The molecule has 2 N–H and O–H groups in total. The van der Waals surface area contributed by atoms with Crippen LogP contribution in [0.1, 0.15) is 56.5 Å². The first kappa shape index (κ1) is 17.2. The molecule has 0 bridgehead atoms. The molecule has 4 nitrogen and oxygen atoms in total. The highest BCUT2D eigenvalue weighted by molar-refractivity contribution is 5.94. The Morgan fingerprint density at radius 2 is 1.76 bits per heavy atom. The van der Waals surface area contributed by atoms with Gasteiger partial charge in [-0.05, 0) is 29.0 Å². The molecule has 1 aromatic rings. The third kappa shape index (κ3) is 5.58. The molecule has 0 spiro atoms. The molecule has 0 aliphatic carbocycles. The molecule has 0 fully saturated rings. The van der Waals surface area contributed by atoms with Crippen LogP contribution in [0.25, 0.3) is 0 Å². The largest absolute Gasteiger partial charge is 0.481 e. The lowest BCUT2D eigenvalue weighted by atomic mass is 9.86. The van der Waals surface area contributed by atoms with Gasteiger partial charge in [-0.15, -0.1) is 0 Å². The van der Waals surface area contributed by atoms with Crippen LogP contribution < -0.4 is 5.32 Å². The highest BCUT2D eigenvalue weighted by Crippen LogP contribution is 2.22. The van der Waals surface area contributed by atoms with Crippen molar-refractivity contribution in [3.63, 3.8) is 0 Å². The summed E-state index contributed by atoms with van der Waals surface area (Å²) in [6, 6.07) is 7.55. The lowest BCUT2D eigenvalue weighted by Gasteiger charge is -2.19. The van der Waals surface area contributed by atoms with E-state index < -0.39 is 5.97 Å². The maximum absolute atomic E-state index is 12.1. The summed E-state index contributed by atoms with van der Waals surface area (Å²) in [4.78, 5) is 22.8. The van der Waals surface area contributed by atoms with Crippen LogP contribution in [0.4, 0.5) is 0 Å². The quantitative estimate of drug-likeness (QED) is 0.845. The maximum atomic E-state index is 12.1. The maximum Gasteiger partial charge on any atom is 0.303 e. The second-order valence-electron chi connectivity index (χ2n) is 6.41. The van der Waals surface area contributed by atoms with Gasteiger partial charge in [0.2, 0.25) is 0 Å². The summed E-state index contributed by atoms with van der Waals surface area (Å²) in [6.07, 6.45) is 0.815. The van der Waals surface area contributed by atoms with E-state index in [1.165, 1.54) is 5.56 Å². The van der Waals surface area contributed by atoms with E-state index in [0.29, 0.717) is 12.1 Å². The molecule has 21 heavy (non-hydrogen) atoms. The molecular weight excluding hydrogens is 266 g/mol. The van der Waals surface area contributed by atoms with Gasteiger partial charge < -0.3 is 10.4 Å². The number of amides is 1. The topological polar surface area (TPSA) is 66.4 Å². The van der Waals surface area contributed by atoms with Crippen LogP contribution in [0.5, 0.6) is 0 Å². The number of hydrogen-bond acceptors (Lipinski definition) is 2. The molecule has 1 atom stereocenters. The summed E-state index contributed by atoms with van der Waals surface area (Å²) in [5.74, 6) is -1.01. The van der Waals surface area contributed by atoms with Gasteiger partial charge in [0.25, 0.3) is 5.91 Å². The monoisotopic (exact) mass is 291 g/mol. The fraction of sp³-hybridized carbons (Fsp3) is 0.529. The minimum Gasteiger partial charge on any atom is -0.481 e. The summed E-state index contributed by atoms with van der Waals surface area (Å²) >= 11 is 0. The van der Waals surface area contributed by atoms with Gasteiger partial charge in [0.1, 0.15) is 0 Å². The molecule has 0 heterocycles. The van der Waals surface area contributed by atoms with Crippen molar-refractivity contribution in [2.75, 3.05) is 6.54 Å². The Balaban J connectivity index is 2.61. The number of carbonyl (C=O) groups excluding carboxylic acids is 1. The fourth-order valence-corrected chi connectivity index (χ4v) is 2.07. The van der Waals surface area contributed by atoms with E-state index in [9.17, 15) is 9.59 Å². The molecule has 1 aromatic carbocycles. The van der Waals surface area contributed by atoms with Gasteiger partial charge in [-0.2, -0.15) is 0 Å². The van der Waals surface area contributed by atoms with Gasteiger partial charge >= 0.3 is 5.97 Å². The molecule has 1 unspecified atom stereocenters. The molecule has 0 aliphatic heterocycles. The zero-order valence-electron chi connectivity index (χ0n) is 13.3. The van der Waals surface area contributed by atoms with Gasteiger partial charge in [0.05, 0.1) is 0 Å². The third-order valence-corrected chi connectivity index (χ3v) is 3.61. The first-order valence-electron chi connectivity index (χ1n) is 7.34. The predicted octanol–water partition coefficient (Wildman–Crippen LogP) is 3.21. The fourth-order valence-electron chi connectivity index (χ4n) is 2.07. The summed E-state index contributed by atoms with van der Waals surface area (Å²) < 4.78 is 0. The van der Waals surface area contributed by atoms with Crippen LogP contribution in [0.15, 0.2) is 24.3 Å². The van der Waals surface area contributed by atoms with E-state index in [2.05, 4.69) is 26.1 Å². The van der Waals surface area contributed by atoms with Crippen molar-refractivity contribution >= 4 is 11.9 Å². The van der Waals surface area contributed by atoms with E-state index in [1.807, 2.05) is 31.2 Å². The molecule has 0 aliphatic rings. The van der Waals surface area contributed by atoms with E-state index in [1.54, 1.807) is 0 Å². The molecule has 0 radical (unpaired) electrons. The van der Waals surface area contributed by atoms with Crippen LogP contribution in [0, 0.1) is 5.92 Å². The minimum absolute atomic E-state index is 0.0275. The van der Waals surface area contributed by atoms with Crippen LogP contribution >= 0.6 is 0 Å². The zero-order chi connectivity index (χ0) is 16.0. The molecule has 1 amide bonds. The molecule has 4 heteroatoms. The SMILES string of the molecule is CCC(CNC(=O)c1ccc(C(C)(C)C)cc1)CC(=O)O. The first-order chi connectivity index (χ1) is 9.74. The lowest BCUT2D eigenvalue weighted by molar-refractivity contribution is -0.138. The summed E-state index contributed by atoms with van der Waals surface area (Å²) in [6.45, 7) is 8.69. The van der Waals surface area contributed by atoms with E-state index in [0.717, 1.165) is 6.42 Å². The normalized spacial score (nSPS) is 12.8. The van der Waals surface area contributed by atoms with Crippen molar-refractivity contribution in [3.05, 3.63) is 35.4 Å². The molecule has 1 rings (SSSR count). The van der Waals surface area contributed by atoms with Crippen LogP contribution in [0.3, 0.4) is 0 Å². The number of nitrogens with one attached hydrogen (secondary N) is 1. The van der Waals surface area contributed by atoms with Gasteiger partial charge in [0.15, 0.2) is 0 Å². The van der Waals surface area contributed by atoms with Crippen molar-refractivity contribution < 1.29 is 14.7 Å². The van der Waals surface area contributed by atoms with Crippen molar-refractivity contribution in [1.29, 1.82) is 0 Å². The van der Waals surface area contributed by atoms with Crippen molar-refractivity contribution in [1.82, 2.24) is 5.32 Å². The van der Waals surface area contributed by atoms with E-state index in [-0.39, 0.29) is 23.7 Å². The van der Waals surface area contributed by atoms with Crippen molar-refractivity contribution in [2.24, 2.45) is 5.92 Å². The highest BCUT2D eigenvalue weighted by atomic mass is 16.4. The number of rotatable bonds is 6. The minimum atomic E-state index is -0.828. The van der Waals surface area contributed by atoms with Gasteiger partial charge in [-0.3, -0.25) is 9.59 Å². The number of benzene rings is 1. The highest BCUT2D eigenvalue weighted by Gasteiger charge is 2.15. The smallest absolute Gasteiger partial charge is 0.303 e. The van der Waals surface area contributed by atoms with Gasteiger partial charge in [-0.1, -0.05) is 46.2 Å². The zero-order valence-corrected chi connectivity index (χ0v) is 13.3. The standard InChI is InChI=1S/C17H25NO3/c1-5-12(10-15(19)20)11-18-16(21)13-6-8-14(9-7-13)17(2,3)4/h6-9,12H,5,10-11H2,1-4H3,(H,18,21)(H,19,20). The molecule has 0 saturated heterocycles. The number of aliphatic carboxylic acids is 1. The number of carboxylic acid groups (broad SMARTS) is 1. The lowest BCUT2D eigenvalue weighted by Crippen LogP contribution is -2.30. The molecule has 0 aromatic heterocycles. The van der Waals surface area contributed by atoms with Crippen LogP contribution in [0.2, 0.25) is 0 Å². The molecule has 0 saturated carbocycles. The Morgan fingerprint density at radius 3 is 2.19 bits per heavy atom. The summed E-state index contributed by atoms with van der Waals surface area (Å²) in [7, 11) is 0. The van der Waals surface area contributed by atoms with Crippen LogP contribution in [-0.4, -0.2) is 23.5 Å². The predicted molar refractivity (Wildman–Crippen MR) is 83.5 cm³/mol. The molecule has 116 valence electrons. The van der Waals surface area contributed by atoms with Gasteiger partial charge in [0, 0.05) is 18.5 Å². The second-order valence-corrected chi connectivity index (χ2v) is 6.41. The average Bonchev–Trinajstić information content (AvgIpc) is 2.41. The average molecular weight is 291 g/mol. The Bertz CT molecular complexity index is 486. The van der Waals surface area contributed by atoms with Crippen molar-refractivity contribution in [2.45, 2.75) is 46.0 Å².